The molecule has 5 heteroatoms. The Morgan fingerprint density at radius 2 is 2.40 bits per heavy atom. The van der Waals surface area contributed by atoms with Gasteiger partial charge in [-0.1, -0.05) is 23.4 Å². The van der Waals surface area contributed by atoms with Crippen LogP contribution in [0.2, 0.25) is 5.02 Å². The number of hydrogen-bond acceptors (Lipinski definition) is 3. The monoisotopic (exact) mass is 293 g/mol. The Morgan fingerprint density at radius 1 is 1.60 bits per heavy atom. The molecule has 1 heterocycles. The predicted octanol–water partition coefficient (Wildman–Crippen LogP) is 1.54. The molecule has 0 radical (unpaired) electrons. The predicted molar refractivity (Wildman–Crippen MR) is 76.7 cm³/mol. The van der Waals surface area contributed by atoms with Crippen LogP contribution in [0.3, 0.4) is 0 Å². The Hall–Kier alpha value is -1.54. The van der Waals surface area contributed by atoms with Crippen molar-refractivity contribution in [1.82, 2.24) is 4.90 Å². The Labute approximate surface area is 123 Å². The molecule has 1 fully saturated rings. The zero-order valence-electron chi connectivity index (χ0n) is 11.2. The standard InChI is InChI=1S/C15H16ClNO3/c1-11-10-20-8-6-17(11)15(19)13-5-4-12(3-2-7-18)14(16)9-13/h4-5,9,11,18H,6-8,10H2,1H3. The van der Waals surface area contributed by atoms with Gasteiger partial charge in [0.05, 0.1) is 24.3 Å². The first kappa shape index (κ1) is 14.9. The first-order valence-electron chi connectivity index (χ1n) is 6.41. The number of morpholine rings is 1. The van der Waals surface area contributed by atoms with E-state index in [-0.39, 0.29) is 18.6 Å². The van der Waals surface area contributed by atoms with Crippen LogP contribution < -0.4 is 0 Å². The number of aliphatic hydroxyl groups excluding tert-OH is 1. The first-order chi connectivity index (χ1) is 9.63. The van der Waals surface area contributed by atoms with E-state index in [1.165, 1.54) is 0 Å². The van der Waals surface area contributed by atoms with Crippen LogP contribution in [0, 0.1) is 11.8 Å². The van der Waals surface area contributed by atoms with Crippen LogP contribution >= 0.6 is 11.6 Å². The van der Waals surface area contributed by atoms with E-state index >= 15 is 0 Å². The van der Waals surface area contributed by atoms with Crippen LogP contribution in [-0.2, 0) is 4.74 Å². The zero-order valence-corrected chi connectivity index (χ0v) is 12.0. The number of nitrogens with zero attached hydrogens (tertiary/aromatic N) is 1. The average molecular weight is 294 g/mol. The Kier molecular flexibility index (Phi) is 5.02. The number of carbonyl (C=O) groups excluding carboxylic acids is 1. The summed E-state index contributed by atoms with van der Waals surface area (Å²) in [6.07, 6.45) is 0. The van der Waals surface area contributed by atoms with Gasteiger partial charge in [0, 0.05) is 17.7 Å². The molecular formula is C15H16ClNO3. The van der Waals surface area contributed by atoms with Crippen molar-refractivity contribution in [3.05, 3.63) is 34.3 Å². The van der Waals surface area contributed by atoms with Gasteiger partial charge in [-0.15, -0.1) is 0 Å². The van der Waals surface area contributed by atoms with Crippen LogP contribution in [0.1, 0.15) is 22.8 Å². The molecule has 1 saturated heterocycles. The highest BCUT2D eigenvalue weighted by Gasteiger charge is 2.24. The second-order valence-corrected chi connectivity index (χ2v) is 4.98. The van der Waals surface area contributed by atoms with E-state index in [9.17, 15) is 4.79 Å². The second kappa shape index (κ2) is 6.76. The second-order valence-electron chi connectivity index (χ2n) is 4.58. The highest BCUT2D eigenvalue weighted by molar-refractivity contribution is 6.32. The third-order valence-electron chi connectivity index (χ3n) is 3.15. The van der Waals surface area contributed by atoms with Crippen LogP contribution in [0.4, 0.5) is 0 Å². The SMILES string of the molecule is CC1COCCN1C(=O)c1ccc(C#CCO)c(Cl)c1. The minimum atomic E-state index is -0.220. The summed E-state index contributed by atoms with van der Waals surface area (Å²) >= 11 is 6.10. The summed E-state index contributed by atoms with van der Waals surface area (Å²) in [5.41, 5.74) is 1.14. The van der Waals surface area contributed by atoms with Crippen LogP contribution in [0.5, 0.6) is 0 Å². The number of carbonyl (C=O) groups is 1. The molecule has 20 heavy (non-hydrogen) atoms. The molecule has 1 aliphatic rings. The third kappa shape index (κ3) is 3.31. The first-order valence-corrected chi connectivity index (χ1v) is 6.79. The van der Waals surface area contributed by atoms with E-state index < -0.39 is 0 Å². The van der Waals surface area contributed by atoms with Gasteiger partial charge >= 0.3 is 0 Å². The quantitative estimate of drug-likeness (QED) is 0.799. The van der Waals surface area contributed by atoms with Gasteiger partial charge in [0.15, 0.2) is 0 Å². The van der Waals surface area contributed by atoms with Crippen molar-refractivity contribution in [2.45, 2.75) is 13.0 Å². The Bertz CT molecular complexity index is 562. The molecule has 1 aromatic rings. The van der Waals surface area contributed by atoms with Crippen molar-refractivity contribution < 1.29 is 14.6 Å². The third-order valence-corrected chi connectivity index (χ3v) is 3.46. The molecule has 1 amide bonds. The highest BCUT2D eigenvalue weighted by Crippen LogP contribution is 2.19. The molecule has 2 rings (SSSR count). The van der Waals surface area contributed by atoms with E-state index in [4.69, 9.17) is 21.4 Å². The maximum Gasteiger partial charge on any atom is 0.254 e. The fourth-order valence-electron chi connectivity index (χ4n) is 2.08. The summed E-state index contributed by atoms with van der Waals surface area (Å²) in [5.74, 6) is 5.22. The minimum absolute atomic E-state index is 0.0515. The van der Waals surface area contributed by atoms with Crippen molar-refractivity contribution in [3.8, 4) is 11.8 Å². The summed E-state index contributed by atoms with van der Waals surface area (Å²) in [7, 11) is 0. The van der Waals surface area contributed by atoms with Gasteiger partial charge in [0.2, 0.25) is 0 Å². The fourth-order valence-corrected chi connectivity index (χ4v) is 2.31. The van der Waals surface area contributed by atoms with Crippen LogP contribution in [0.15, 0.2) is 18.2 Å². The lowest BCUT2D eigenvalue weighted by Crippen LogP contribution is -2.47. The van der Waals surface area contributed by atoms with Gasteiger partial charge in [0.1, 0.15) is 6.61 Å². The molecule has 1 aliphatic heterocycles. The fraction of sp³-hybridized carbons (Fsp3) is 0.400. The number of hydrogen-bond donors (Lipinski definition) is 1. The molecule has 1 atom stereocenters. The van der Waals surface area contributed by atoms with Gasteiger partial charge in [0.25, 0.3) is 5.91 Å². The molecule has 0 spiro atoms. The number of ether oxygens (including phenoxy) is 1. The maximum absolute atomic E-state index is 12.4. The van der Waals surface area contributed by atoms with Crippen molar-refractivity contribution >= 4 is 17.5 Å². The van der Waals surface area contributed by atoms with Crippen molar-refractivity contribution in [2.75, 3.05) is 26.4 Å². The smallest absolute Gasteiger partial charge is 0.254 e. The van der Waals surface area contributed by atoms with Gasteiger partial charge < -0.3 is 14.7 Å². The van der Waals surface area contributed by atoms with Gasteiger partial charge in [-0.3, -0.25) is 4.79 Å². The number of rotatable bonds is 1. The summed E-state index contributed by atoms with van der Waals surface area (Å²) in [6.45, 7) is 3.44. The molecule has 0 saturated carbocycles. The van der Waals surface area contributed by atoms with Crippen molar-refractivity contribution in [3.63, 3.8) is 0 Å². The van der Waals surface area contributed by atoms with Gasteiger partial charge in [-0.25, -0.2) is 0 Å². The molecule has 4 nitrogen and oxygen atoms in total. The molecule has 0 aromatic heterocycles. The maximum atomic E-state index is 12.4. The summed E-state index contributed by atoms with van der Waals surface area (Å²) in [6, 6.07) is 5.08. The molecule has 0 aliphatic carbocycles. The van der Waals surface area contributed by atoms with E-state index in [0.29, 0.717) is 35.9 Å². The molecule has 106 valence electrons. The average Bonchev–Trinajstić information content (AvgIpc) is 2.46. The topological polar surface area (TPSA) is 49.8 Å². The number of benzene rings is 1. The van der Waals surface area contributed by atoms with Crippen LogP contribution in [0.25, 0.3) is 0 Å². The number of amides is 1. The zero-order chi connectivity index (χ0) is 14.5. The number of aliphatic hydroxyl groups is 1. The highest BCUT2D eigenvalue weighted by atomic mass is 35.5. The molecule has 1 unspecified atom stereocenters. The van der Waals surface area contributed by atoms with E-state index in [0.717, 1.165) is 0 Å². The molecular weight excluding hydrogens is 278 g/mol. The number of halogens is 1. The van der Waals surface area contributed by atoms with Gasteiger partial charge in [-0.05, 0) is 25.1 Å². The lowest BCUT2D eigenvalue weighted by Gasteiger charge is -2.33. The van der Waals surface area contributed by atoms with E-state index in [1.807, 2.05) is 6.92 Å². The Morgan fingerprint density at radius 3 is 3.05 bits per heavy atom. The molecule has 1 aromatic carbocycles. The lowest BCUT2D eigenvalue weighted by molar-refractivity contribution is 0.00359. The Balaban J connectivity index is 2.20. The van der Waals surface area contributed by atoms with Crippen molar-refractivity contribution in [2.24, 2.45) is 0 Å². The normalized spacial score (nSPS) is 18.4. The van der Waals surface area contributed by atoms with Crippen molar-refractivity contribution in [1.29, 1.82) is 0 Å². The lowest BCUT2D eigenvalue weighted by atomic mass is 10.1. The minimum Gasteiger partial charge on any atom is -0.384 e. The van der Waals surface area contributed by atoms with Crippen LogP contribution in [-0.4, -0.2) is 48.3 Å². The summed E-state index contributed by atoms with van der Waals surface area (Å²) in [4.78, 5) is 14.2. The van der Waals surface area contributed by atoms with Gasteiger partial charge in [-0.2, -0.15) is 0 Å². The molecule has 0 bridgehead atoms. The van der Waals surface area contributed by atoms with E-state index in [2.05, 4.69) is 11.8 Å². The summed E-state index contributed by atoms with van der Waals surface area (Å²) < 4.78 is 5.32. The largest absolute Gasteiger partial charge is 0.384 e. The summed E-state index contributed by atoms with van der Waals surface area (Å²) in [5, 5.41) is 9.09. The van der Waals surface area contributed by atoms with E-state index in [1.54, 1.807) is 23.1 Å². The molecule has 1 N–H and O–H groups in total.